The Hall–Kier alpha value is -2.11. The quantitative estimate of drug-likeness (QED) is 0.338. The maximum absolute atomic E-state index is 13.4. The Bertz CT molecular complexity index is 575. The summed E-state index contributed by atoms with van der Waals surface area (Å²) >= 11 is 0. The highest BCUT2D eigenvalue weighted by Crippen LogP contribution is 2.34. The van der Waals surface area contributed by atoms with Crippen LogP contribution in [0.15, 0.2) is 12.1 Å². The SMILES string of the molecule is CCCC(CCC)(CCC)CNC(=O)C(=O)c1cc(O)c(O)c(F)c1. The van der Waals surface area contributed by atoms with Crippen molar-refractivity contribution >= 4 is 11.7 Å². The van der Waals surface area contributed by atoms with E-state index in [0.717, 1.165) is 50.7 Å². The Balaban J connectivity index is 2.87. The summed E-state index contributed by atoms with van der Waals surface area (Å²) in [6.07, 6.45) is 5.83. The monoisotopic (exact) mass is 353 g/mol. The van der Waals surface area contributed by atoms with Crippen LogP contribution in [0.3, 0.4) is 0 Å². The molecule has 0 aromatic heterocycles. The number of benzene rings is 1. The van der Waals surface area contributed by atoms with E-state index in [1.54, 1.807) is 0 Å². The Kier molecular flexibility index (Phi) is 7.87. The number of Topliss-reactive ketones (excluding diaryl/α,β-unsaturated/α-hetero) is 1. The van der Waals surface area contributed by atoms with Crippen LogP contribution < -0.4 is 5.32 Å². The van der Waals surface area contributed by atoms with Gasteiger partial charge in [-0.05, 0) is 36.8 Å². The first-order valence-electron chi connectivity index (χ1n) is 8.84. The van der Waals surface area contributed by atoms with Crippen LogP contribution in [-0.4, -0.2) is 28.4 Å². The fourth-order valence-corrected chi connectivity index (χ4v) is 3.43. The van der Waals surface area contributed by atoms with Crippen LogP contribution >= 0.6 is 0 Å². The van der Waals surface area contributed by atoms with Gasteiger partial charge in [0.1, 0.15) is 0 Å². The highest BCUT2D eigenvalue weighted by molar-refractivity contribution is 6.42. The molecular weight excluding hydrogens is 325 g/mol. The molecule has 1 rings (SSSR count). The van der Waals surface area contributed by atoms with Crippen molar-refractivity contribution in [2.45, 2.75) is 59.3 Å². The second-order valence-corrected chi connectivity index (χ2v) is 6.59. The van der Waals surface area contributed by atoms with Gasteiger partial charge in [0.15, 0.2) is 17.3 Å². The molecule has 1 amide bonds. The average molecular weight is 353 g/mol. The number of hydrogen-bond acceptors (Lipinski definition) is 4. The van der Waals surface area contributed by atoms with E-state index in [1.807, 2.05) is 0 Å². The summed E-state index contributed by atoms with van der Waals surface area (Å²) in [5, 5.41) is 21.3. The van der Waals surface area contributed by atoms with Gasteiger partial charge in [0, 0.05) is 12.1 Å². The lowest BCUT2D eigenvalue weighted by atomic mass is 9.75. The molecule has 1 aromatic carbocycles. The van der Waals surface area contributed by atoms with Gasteiger partial charge >= 0.3 is 0 Å². The van der Waals surface area contributed by atoms with Crippen molar-refractivity contribution in [1.82, 2.24) is 5.32 Å². The van der Waals surface area contributed by atoms with E-state index in [9.17, 15) is 24.2 Å². The first kappa shape index (κ1) is 20.9. The molecule has 0 saturated heterocycles. The molecule has 3 N–H and O–H groups in total. The molecule has 0 unspecified atom stereocenters. The third-order valence-electron chi connectivity index (χ3n) is 4.48. The predicted molar refractivity (Wildman–Crippen MR) is 94.2 cm³/mol. The van der Waals surface area contributed by atoms with Crippen molar-refractivity contribution in [3.63, 3.8) is 0 Å². The van der Waals surface area contributed by atoms with Crippen LogP contribution in [0.25, 0.3) is 0 Å². The minimum atomic E-state index is -1.14. The highest BCUT2D eigenvalue weighted by Gasteiger charge is 2.29. The van der Waals surface area contributed by atoms with Crippen LogP contribution in [-0.2, 0) is 4.79 Å². The third kappa shape index (κ3) is 5.44. The number of ketones is 1. The van der Waals surface area contributed by atoms with Crippen molar-refractivity contribution < 1.29 is 24.2 Å². The lowest BCUT2D eigenvalue weighted by Gasteiger charge is -2.33. The van der Waals surface area contributed by atoms with Gasteiger partial charge < -0.3 is 15.5 Å². The summed E-state index contributed by atoms with van der Waals surface area (Å²) in [5.41, 5.74) is -0.339. The molecule has 140 valence electrons. The zero-order chi connectivity index (χ0) is 19.0. The largest absolute Gasteiger partial charge is 0.504 e. The Morgan fingerprint density at radius 3 is 2.00 bits per heavy atom. The molecule has 0 heterocycles. The van der Waals surface area contributed by atoms with Gasteiger partial charge in [-0.1, -0.05) is 40.0 Å². The minimum absolute atomic E-state index is 0.0451. The van der Waals surface area contributed by atoms with Gasteiger partial charge in [0.05, 0.1) is 0 Å². The number of rotatable bonds is 10. The van der Waals surface area contributed by atoms with Crippen molar-refractivity contribution in [2.24, 2.45) is 5.41 Å². The van der Waals surface area contributed by atoms with Gasteiger partial charge in [-0.2, -0.15) is 0 Å². The van der Waals surface area contributed by atoms with Gasteiger partial charge in [0.2, 0.25) is 5.78 Å². The number of aromatic hydroxyl groups is 2. The van der Waals surface area contributed by atoms with E-state index in [4.69, 9.17) is 0 Å². The number of carbonyl (C=O) groups is 2. The lowest BCUT2D eigenvalue weighted by Crippen LogP contribution is -2.40. The molecule has 25 heavy (non-hydrogen) atoms. The summed E-state index contributed by atoms with van der Waals surface area (Å²) in [7, 11) is 0. The Labute approximate surface area is 148 Å². The highest BCUT2D eigenvalue weighted by atomic mass is 19.1. The summed E-state index contributed by atoms with van der Waals surface area (Å²) < 4.78 is 13.4. The molecule has 0 bridgehead atoms. The fourth-order valence-electron chi connectivity index (χ4n) is 3.43. The van der Waals surface area contributed by atoms with E-state index in [2.05, 4.69) is 26.1 Å². The molecule has 1 aromatic rings. The normalized spacial score (nSPS) is 11.4. The molecule has 0 saturated carbocycles. The zero-order valence-electron chi connectivity index (χ0n) is 15.2. The zero-order valence-corrected chi connectivity index (χ0v) is 15.2. The standard InChI is InChI=1S/C19H28FNO4/c1-4-7-19(8-5-2,9-6-3)12-21-18(25)16(23)13-10-14(20)17(24)15(22)11-13/h10-11,22,24H,4-9,12H2,1-3H3,(H,21,25). The second-order valence-electron chi connectivity index (χ2n) is 6.59. The van der Waals surface area contributed by atoms with Crippen molar-refractivity contribution in [2.75, 3.05) is 6.54 Å². The molecular formula is C19H28FNO4. The van der Waals surface area contributed by atoms with Gasteiger partial charge in [-0.15, -0.1) is 0 Å². The maximum Gasteiger partial charge on any atom is 0.292 e. The van der Waals surface area contributed by atoms with Crippen molar-refractivity contribution in [3.8, 4) is 11.5 Å². The van der Waals surface area contributed by atoms with Crippen LogP contribution in [0.4, 0.5) is 4.39 Å². The first-order valence-corrected chi connectivity index (χ1v) is 8.84. The molecule has 0 aliphatic rings. The van der Waals surface area contributed by atoms with E-state index < -0.39 is 29.0 Å². The molecule has 0 radical (unpaired) electrons. The summed E-state index contributed by atoms with van der Waals surface area (Å²) in [6.45, 7) is 6.67. The van der Waals surface area contributed by atoms with Crippen LogP contribution in [0, 0.1) is 11.2 Å². The Morgan fingerprint density at radius 1 is 1.04 bits per heavy atom. The average Bonchev–Trinajstić information content (AvgIpc) is 2.57. The molecule has 0 spiro atoms. The van der Waals surface area contributed by atoms with Crippen molar-refractivity contribution in [3.05, 3.63) is 23.5 Å². The molecule has 5 nitrogen and oxygen atoms in total. The van der Waals surface area contributed by atoms with Crippen LogP contribution in [0.5, 0.6) is 11.5 Å². The predicted octanol–water partition coefficient (Wildman–Crippen LogP) is 3.92. The fraction of sp³-hybridized carbons (Fsp3) is 0.579. The maximum atomic E-state index is 13.4. The lowest BCUT2D eigenvalue weighted by molar-refractivity contribution is -0.117. The van der Waals surface area contributed by atoms with E-state index in [0.29, 0.717) is 6.54 Å². The molecule has 0 aliphatic heterocycles. The number of phenolic OH excluding ortho intramolecular Hbond substituents is 2. The smallest absolute Gasteiger partial charge is 0.292 e. The molecule has 0 atom stereocenters. The number of hydrogen-bond donors (Lipinski definition) is 3. The van der Waals surface area contributed by atoms with E-state index in [-0.39, 0.29) is 11.0 Å². The van der Waals surface area contributed by atoms with Gasteiger partial charge in [-0.3, -0.25) is 9.59 Å². The van der Waals surface area contributed by atoms with E-state index in [1.165, 1.54) is 0 Å². The Morgan fingerprint density at radius 2 is 1.56 bits per heavy atom. The van der Waals surface area contributed by atoms with Crippen LogP contribution in [0.2, 0.25) is 0 Å². The topological polar surface area (TPSA) is 86.6 Å². The first-order chi connectivity index (χ1) is 11.8. The number of halogens is 1. The molecule has 6 heteroatoms. The second kappa shape index (κ2) is 9.39. The number of nitrogens with one attached hydrogen (secondary N) is 1. The third-order valence-corrected chi connectivity index (χ3v) is 4.48. The molecule has 0 fully saturated rings. The number of phenols is 2. The number of amides is 1. The number of carbonyl (C=O) groups excluding carboxylic acids is 2. The van der Waals surface area contributed by atoms with E-state index >= 15 is 0 Å². The summed E-state index contributed by atoms with van der Waals surface area (Å²) in [5.74, 6) is -4.63. The van der Waals surface area contributed by atoms with Crippen LogP contribution in [0.1, 0.15) is 69.7 Å². The minimum Gasteiger partial charge on any atom is -0.504 e. The van der Waals surface area contributed by atoms with Crippen molar-refractivity contribution in [1.29, 1.82) is 0 Å². The van der Waals surface area contributed by atoms with Gasteiger partial charge in [-0.25, -0.2) is 4.39 Å². The summed E-state index contributed by atoms with van der Waals surface area (Å²) in [6, 6.07) is 1.63. The van der Waals surface area contributed by atoms with Gasteiger partial charge in [0.25, 0.3) is 5.91 Å². The molecule has 0 aliphatic carbocycles. The summed E-state index contributed by atoms with van der Waals surface area (Å²) in [4.78, 5) is 24.4.